The predicted molar refractivity (Wildman–Crippen MR) is 72.6 cm³/mol. The van der Waals surface area contributed by atoms with Gasteiger partial charge in [-0.15, -0.1) is 11.8 Å². The van der Waals surface area contributed by atoms with E-state index in [1.54, 1.807) is 11.8 Å². The van der Waals surface area contributed by atoms with Crippen LogP contribution in [0, 0.1) is 17.3 Å². The molecule has 19 heavy (non-hydrogen) atoms. The van der Waals surface area contributed by atoms with Crippen LogP contribution in [-0.2, 0) is 4.79 Å². The number of carbonyl (C=O) groups is 2. The molecule has 0 aromatic carbocycles. The quantitative estimate of drug-likeness (QED) is 0.587. The number of amides is 2. The minimum absolute atomic E-state index is 0.183. The molecule has 0 saturated carbocycles. The first kappa shape index (κ1) is 15.4. The van der Waals surface area contributed by atoms with Crippen molar-refractivity contribution in [3.05, 3.63) is 0 Å². The Balaban J connectivity index is 2.51. The second-order valence-corrected chi connectivity index (χ2v) is 4.92. The molecule has 5 nitrogen and oxygen atoms in total. The van der Waals surface area contributed by atoms with E-state index in [1.807, 2.05) is 6.92 Å². The average Bonchev–Trinajstić information content (AvgIpc) is 2.81. The van der Waals surface area contributed by atoms with E-state index >= 15 is 0 Å². The molecule has 1 unspecified atom stereocenters. The summed E-state index contributed by atoms with van der Waals surface area (Å²) in [5.74, 6) is 4.84. The summed E-state index contributed by atoms with van der Waals surface area (Å²) in [5.41, 5.74) is -0.755. The highest BCUT2D eigenvalue weighted by Crippen LogP contribution is 2.35. The standard InChI is InChI=1S/C14H22N2O3/c1-3-5-6-9-15-13(19)16-10-8-14(11-16,7-4-2)12(17)18/h4,6-11H2,1-2H3,(H,15,19)(H,17,18). The molecular formula is C14H22N2O3. The summed E-state index contributed by atoms with van der Waals surface area (Å²) in [5, 5.41) is 12.1. The molecule has 1 fully saturated rings. The number of hydrogen-bond donors (Lipinski definition) is 2. The second-order valence-electron chi connectivity index (χ2n) is 4.92. The Labute approximate surface area is 114 Å². The van der Waals surface area contributed by atoms with Gasteiger partial charge in [-0.1, -0.05) is 13.3 Å². The van der Waals surface area contributed by atoms with Gasteiger partial charge in [-0.25, -0.2) is 4.79 Å². The maximum absolute atomic E-state index is 11.9. The number of nitrogens with one attached hydrogen (secondary N) is 1. The summed E-state index contributed by atoms with van der Waals surface area (Å²) in [6, 6.07) is -0.183. The number of hydrogen-bond acceptors (Lipinski definition) is 2. The van der Waals surface area contributed by atoms with E-state index in [4.69, 9.17) is 0 Å². The lowest BCUT2D eigenvalue weighted by Gasteiger charge is -2.24. The van der Waals surface area contributed by atoms with Crippen LogP contribution in [-0.4, -0.2) is 41.6 Å². The summed E-state index contributed by atoms with van der Waals surface area (Å²) in [7, 11) is 0. The zero-order chi connectivity index (χ0) is 14.3. The van der Waals surface area contributed by atoms with Gasteiger partial charge in [0, 0.05) is 26.1 Å². The molecule has 106 valence electrons. The third kappa shape index (κ3) is 3.88. The molecule has 1 rings (SSSR count). The van der Waals surface area contributed by atoms with Crippen molar-refractivity contribution in [2.45, 2.75) is 39.5 Å². The Morgan fingerprint density at radius 1 is 1.47 bits per heavy atom. The van der Waals surface area contributed by atoms with Gasteiger partial charge in [0.05, 0.1) is 5.41 Å². The Morgan fingerprint density at radius 2 is 2.21 bits per heavy atom. The van der Waals surface area contributed by atoms with Crippen molar-refractivity contribution in [3.63, 3.8) is 0 Å². The van der Waals surface area contributed by atoms with Crippen molar-refractivity contribution in [2.75, 3.05) is 19.6 Å². The normalized spacial score (nSPS) is 21.7. The molecule has 0 aliphatic carbocycles. The molecule has 1 atom stereocenters. The summed E-state index contributed by atoms with van der Waals surface area (Å²) < 4.78 is 0. The average molecular weight is 266 g/mol. The Bertz CT molecular complexity index is 397. The van der Waals surface area contributed by atoms with Crippen LogP contribution in [0.15, 0.2) is 0 Å². The minimum Gasteiger partial charge on any atom is -0.481 e. The highest BCUT2D eigenvalue weighted by molar-refractivity contribution is 5.79. The summed E-state index contributed by atoms with van der Waals surface area (Å²) in [4.78, 5) is 24.9. The monoisotopic (exact) mass is 266 g/mol. The van der Waals surface area contributed by atoms with Crippen molar-refractivity contribution in [3.8, 4) is 11.8 Å². The first-order valence-electron chi connectivity index (χ1n) is 6.71. The number of carboxylic acid groups (broad SMARTS) is 1. The Kier molecular flexibility index (Phi) is 5.68. The molecule has 0 radical (unpaired) electrons. The SMILES string of the molecule is CC#CCCNC(=O)N1CCC(CCC)(C(=O)O)C1. The maximum Gasteiger partial charge on any atom is 0.317 e. The molecule has 5 heteroatoms. The van der Waals surface area contributed by atoms with Crippen LogP contribution in [0.5, 0.6) is 0 Å². The number of rotatable bonds is 5. The number of urea groups is 1. The molecule has 0 aromatic heterocycles. The van der Waals surface area contributed by atoms with E-state index in [9.17, 15) is 14.7 Å². The third-order valence-electron chi connectivity index (χ3n) is 3.53. The van der Waals surface area contributed by atoms with E-state index in [1.165, 1.54) is 0 Å². The highest BCUT2D eigenvalue weighted by atomic mass is 16.4. The van der Waals surface area contributed by atoms with E-state index in [2.05, 4.69) is 17.2 Å². The van der Waals surface area contributed by atoms with Crippen molar-refractivity contribution >= 4 is 12.0 Å². The lowest BCUT2D eigenvalue weighted by atomic mass is 9.83. The summed E-state index contributed by atoms with van der Waals surface area (Å²) in [6.07, 6.45) is 2.59. The number of aliphatic carboxylic acids is 1. The fourth-order valence-electron chi connectivity index (χ4n) is 2.48. The largest absolute Gasteiger partial charge is 0.481 e. The van der Waals surface area contributed by atoms with Crippen LogP contribution in [0.1, 0.15) is 39.5 Å². The van der Waals surface area contributed by atoms with Crippen LogP contribution >= 0.6 is 0 Å². The number of carbonyl (C=O) groups excluding carboxylic acids is 1. The lowest BCUT2D eigenvalue weighted by Crippen LogP contribution is -2.42. The first-order chi connectivity index (χ1) is 9.05. The van der Waals surface area contributed by atoms with E-state index in [0.29, 0.717) is 38.9 Å². The molecule has 0 spiro atoms. The molecule has 1 saturated heterocycles. The van der Waals surface area contributed by atoms with E-state index < -0.39 is 11.4 Å². The van der Waals surface area contributed by atoms with Gasteiger partial charge < -0.3 is 15.3 Å². The number of likely N-dealkylation sites (tertiary alicyclic amines) is 1. The fourth-order valence-corrected chi connectivity index (χ4v) is 2.48. The van der Waals surface area contributed by atoms with Gasteiger partial charge in [0.2, 0.25) is 0 Å². The molecule has 1 heterocycles. The minimum atomic E-state index is -0.790. The van der Waals surface area contributed by atoms with Crippen LogP contribution < -0.4 is 5.32 Å². The molecule has 1 aliphatic heterocycles. The van der Waals surface area contributed by atoms with Crippen molar-refractivity contribution in [1.82, 2.24) is 10.2 Å². The first-order valence-corrected chi connectivity index (χ1v) is 6.71. The van der Waals surface area contributed by atoms with Crippen molar-refractivity contribution in [2.24, 2.45) is 5.41 Å². The molecule has 2 N–H and O–H groups in total. The van der Waals surface area contributed by atoms with E-state index in [-0.39, 0.29) is 6.03 Å². The predicted octanol–water partition coefficient (Wildman–Crippen LogP) is 1.69. The lowest BCUT2D eigenvalue weighted by molar-refractivity contribution is -0.148. The Morgan fingerprint density at radius 3 is 2.79 bits per heavy atom. The summed E-state index contributed by atoms with van der Waals surface area (Å²) in [6.45, 7) is 5.05. The molecule has 0 bridgehead atoms. The molecule has 2 amide bonds. The summed E-state index contributed by atoms with van der Waals surface area (Å²) >= 11 is 0. The molecule has 1 aliphatic rings. The molecule has 0 aromatic rings. The fraction of sp³-hybridized carbons (Fsp3) is 0.714. The Hall–Kier alpha value is -1.70. The van der Waals surface area contributed by atoms with Crippen molar-refractivity contribution in [1.29, 1.82) is 0 Å². The smallest absolute Gasteiger partial charge is 0.317 e. The van der Waals surface area contributed by atoms with Gasteiger partial charge >= 0.3 is 12.0 Å². The number of nitrogens with zero attached hydrogens (tertiary/aromatic N) is 1. The zero-order valence-corrected chi connectivity index (χ0v) is 11.7. The van der Waals surface area contributed by atoms with Gasteiger partial charge in [0.15, 0.2) is 0 Å². The zero-order valence-electron chi connectivity index (χ0n) is 11.7. The van der Waals surface area contributed by atoms with Gasteiger partial charge in [0.25, 0.3) is 0 Å². The van der Waals surface area contributed by atoms with E-state index in [0.717, 1.165) is 6.42 Å². The third-order valence-corrected chi connectivity index (χ3v) is 3.53. The number of carboxylic acids is 1. The van der Waals surface area contributed by atoms with Crippen LogP contribution in [0.25, 0.3) is 0 Å². The highest BCUT2D eigenvalue weighted by Gasteiger charge is 2.45. The van der Waals surface area contributed by atoms with Crippen LogP contribution in [0.3, 0.4) is 0 Å². The van der Waals surface area contributed by atoms with Gasteiger partial charge in [0.1, 0.15) is 0 Å². The van der Waals surface area contributed by atoms with Gasteiger partial charge in [-0.05, 0) is 19.8 Å². The van der Waals surface area contributed by atoms with Gasteiger partial charge in [-0.3, -0.25) is 4.79 Å². The topological polar surface area (TPSA) is 69.6 Å². The van der Waals surface area contributed by atoms with Crippen LogP contribution in [0.2, 0.25) is 0 Å². The maximum atomic E-state index is 11.9. The van der Waals surface area contributed by atoms with Crippen LogP contribution in [0.4, 0.5) is 4.79 Å². The second kappa shape index (κ2) is 7.03. The molecular weight excluding hydrogens is 244 g/mol. The van der Waals surface area contributed by atoms with Crippen molar-refractivity contribution < 1.29 is 14.7 Å². The van der Waals surface area contributed by atoms with Gasteiger partial charge in [-0.2, -0.15) is 0 Å².